The van der Waals surface area contributed by atoms with Gasteiger partial charge >= 0.3 is 12.2 Å². The van der Waals surface area contributed by atoms with Crippen molar-refractivity contribution in [3.05, 3.63) is 71.7 Å². The number of ether oxygens (including phenoxy) is 1. The number of carbonyl (C=O) groups excluding carboxylic acids is 1. The highest BCUT2D eigenvalue weighted by molar-refractivity contribution is 5.91. The molecular weight excluding hydrogens is 351 g/mol. The quantitative estimate of drug-likeness (QED) is 0.707. The SMILES string of the molecule is C[C@H](Cc1cn(C(=O)O)c2ccccc12)NC(=O)OCc1ccc(F)cc1. The predicted octanol–water partition coefficient (Wildman–Crippen LogP) is 4.16. The molecule has 0 bridgehead atoms. The molecule has 0 radical (unpaired) electrons. The van der Waals surface area contributed by atoms with E-state index in [1.807, 2.05) is 19.1 Å². The molecule has 1 heterocycles. The lowest BCUT2D eigenvalue weighted by atomic mass is 10.1. The van der Waals surface area contributed by atoms with Gasteiger partial charge in [0.25, 0.3) is 0 Å². The van der Waals surface area contributed by atoms with Crippen LogP contribution in [0.25, 0.3) is 10.9 Å². The average molecular weight is 370 g/mol. The molecule has 7 heteroatoms. The Kier molecular flexibility index (Phi) is 5.40. The largest absolute Gasteiger partial charge is 0.464 e. The second kappa shape index (κ2) is 7.90. The molecule has 0 aliphatic heterocycles. The van der Waals surface area contributed by atoms with Crippen molar-refractivity contribution in [1.29, 1.82) is 0 Å². The van der Waals surface area contributed by atoms with Crippen molar-refractivity contribution >= 4 is 23.1 Å². The van der Waals surface area contributed by atoms with E-state index in [4.69, 9.17) is 4.74 Å². The first-order valence-electron chi connectivity index (χ1n) is 8.44. The van der Waals surface area contributed by atoms with Crippen LogP contribution < -0.4 is 5.32 Å². The maximum absolute atomic E-state index is 12.9. The van der Waals surface area contributed by atoms with Crippen LogP contribution >= 0.6 is 0 Å². The molecule has 0 saturated carbocycles. The van der Waals surface area contributed by atoms with Crippen molar-refractivity contribution in [3.8, 4) is 0 Å². The zero-order valence-electron chi connectivity index (χ0n) is 14.7. The molecule has 27 heavy (non-hydrogen) atoms. The molecule has 1 aromatic heterocycles. The normalized spacial score (nSPS) is 11.9. The third kappa shape index (κ3) is 4.44. The van der Waals surface area contributed by atoms with Crippen LogP contribution in [0.4, 0.5) is 14.0 Å². The highest BCUT2D eigenvalue weighted by atomic mass is 19.1. The Morgan fingerprint density at radius 2 is 1.89 bits per heavy atom. The molecule has 3 rings (SSSR count). The van der Waals surface area contributed by atoms with Crippen LogP contribution in [0.1, 0.15) is 18.1 Å². The summed E-state index contributed by atoms with van der Waals surface area (Å²) < 4.78 is 19.2. The number of fused-ring (bicyclic) bond motifs is 1. The fourth-order valence-electron chi connectivity index (χ4n) is 2.92. The van der Waals surface area contributed by atoms with Gasteiger partial charge in [-0.3, -0.25) is 4.57 Å². The number of carboxylic acid groups (broad SMARTS) is 1. The lowest BCUT2D eigenvalue weighted by molar-refractivity contribution is 0.136. The molecule has 1 atom stereocenters. The minimum Gasteiger partial charge on any atom is -0.464 e. The Balaban J connectivity index is 1.61. The minimum absolute atomic E-state index is 0.0388. The van der Waals surface area contributed by atoms with Gasteiger partial charge in [-0.05, 0) is 42.7 Å². The van der Waals surface area contributed by atoms with Crippen molar-refractivity contribution in [2.24, 2.45) is 0 Å². The van der Waals surface area contributed by atoms with Crippen molar-refractivity contribution in [1.82, 2.24) is 9.88 Å². The third-order valence-corrected chi connectivity index (χ3v) is 4.17. The van der Waals surface area contributed by atoms with E-state index in [0.29, 0.717) is 17.5 Å². The number of carbonyl (C=O) groups is 2. The highest BCUT2D eigenvalue weighted by Gasteiger charge is 2.16. The average Bonchev–Trinajstić information content (AvgIpc) is 3.00. The van der Waals surface area contributed by atoms with Gasteiger partial charge in [-0.2, -0.15) is 0 Å². The van der Waals surface area contributed by atoms with Gasteiger partial charge in [0.15, 0.2) is 0 Å². The van der Waals surface area contributed by atoms with E-state index in [-0.39, 0.29) is 18.5 Å². The molecule has 2 N–H and O–H groups in total. The number of amides is 1. The van der Waals surface area contributed by atoms with Gasteiger partial charge in [0.1, 0.15) is 12.4 Å². The number of halogens is 1. The molecule has 140 valence electrons. The van der Waals surface area contributed by atoms with Crippen LogP contribution in [-0.2, 0) is 17.8 Å². The summed E-state index contributed by atoms with van der Waals surface area (Å²) in [6.45, 7) is 1.85. The first-order valence-corrected chi connectivity index (χ1v) is 8.44. The van der Waals surface area contributed by atoms with E-state index in [0.717, 1.165) is 10.9 Å². The Bertz CT molecular complexity index is 966. The van der Waals surface area contributed by atoms with Crippen LogP contribution in [0, 0.1) is 5.82 Å². The standard InChI is InChI=1S/C20H19FN2O4/c1-13(22-19(24)27-12-14-6-8-16(21)9-7-14)10-15-11-23(20(25)26)18-5-3-2-4-17(15)18/h2-9,11,13H,10,12H2,1H3,(H,22,24)(H,25,26)/t13-/m1/s1. The van der Waals surface area contributed by atoms with Crippen LogP contribution in [0.5, 0.6) is 0 Å². The second-order valence-electron chi connectivity index (χ2n) is 6.28. The summed E-state index contributed by atoms with van der Waals surface area (Å²) in [5.41, 5.74) is 2.11. The Hall–Kier alpha value is -3.35. The summed E-state index contributed by atoms with van der Waals surface area (Å²) in [6.07, 6.45) is 0.368. The number of para-hydroxylation sites is 1. The molecule has 2 aromatic carbocycles. The summed E-state index contributed by atoms with van der Waals surface area (Å²) in [7, 11) is 0. The van der Waals surface area contributed by atoms with E-state index in [1.54, 1.807) is 30.5 Å². The highest BCUT2D eigenvalue weighted by Crippen LogP contribution is 2.22. The van der Waals surface area contributed by atoms with E-state index < -0.39 is 12.2 Å². The van der Waals surface area contributed by atoms with Gasteiger partial charge in [-0.25, -0.2) is 14.0 Å². The lowest BCUT2D eigenvalue weighted by Crippen LogP contribution is -2.34. The van der Waals surface area contributed by atoms with Gasteiger partial charge in [0, 0.05) is 17.6 Å². The fourth-order valence-corrected chi connectivity index (χ4v) is 2.92. The summed E-state index contributed by atoms with van der Waals surface area (Å²) in [6, 6.07) is 12.6. The predicted molar refractivity (Wildman–Crippen MR) is 98.2 cm³/mol. The molecule has 1 amide bonds. The maximum atomic E-state index is 12.9. The van der Waals surface area contributed by atoms with Crippen LogP contribution in [0.2, 0.25) is 0 Å². The van der Waals surface area contributed by atoms with Crippen molar-refractivity contribution in [3.63, 3.8) is 0 Å². The van der Waals surface area contributed by atoms with Crippen molar-refractivity contribution < 1.29 is 23.8 Å². The summed E-state index contributed by atoms with van der Waals surface area (Å²) in [5, 5.41) is 12.9. The summed E-state index contributed by atoms with van der Waals surface area (Å²) >= 11 is 0. The minimum atomic E-state index is -1.06. The van der Waals surface area contributed by atoms with E-state index in [9.17, 15) is 19.1 Å². The molecule has 0 fully saturated rings. The van der Waals surface area contributed by atoms with Gasteiger partial charge in [-0.1, -0.05) is 30.3 Å². The number of rotatable bonds is 5. The van der Waals surface area contributed by atoms with Crippen LogP contribution in [0.3, 0.4) is 0 Å². The van der Waals surface area contributed by atoms with E-state index in [2.05, 4.69) is 5.32 Å². The number of alkyl carbamates (subject to hydrolysis) is 1. The van der Waals surface area contributed by atoms with E-state index >= 15 is 0 Å². The number of nitrogens with one attached hydrogen (secondary N) is 1. The molecule has 0 aliphatic carbocycles. The first-order chi connectivity index (χ1) is 12.9. The Morgan fingerprint density at radius 1 is 1.19 bits per heavy atom. The third-order valence-electron chi connectivity index (χ3n) is 4.17. The molecule has 0 saturated heterocycles. The van der Waals surface area contributed by atoms with Crippen molar-refractivity contribution in [2.75, 3.05) is 0 Å². The maximum Gasteiger partial charge on any atom is 0.416 e. The molecule has 0 unspecified atom stereocenters. The Morgan fingerprint density at radius 3 is 2.59 bits per heavy atom. The Labute approximate surface area is 155 Å². The smallest absolute Gasteiger partial charge is 0.416 e. The van der Waals surface area contributed by atoms with Gasteiger partial charge in [0.2, 0.25) is 0 Å². The van der Waals surface area contributed by atoms with Gasteiger partial charge < -0.3 is 15.2 Å². The summed E-state index contributed by atoms with van der Waals surface area (Å²) in [5.74, 6) is -0.350. The molecular formula is C20H19FN2O4. The molecule has 0 spiro atoms. The zero-order valence-corrected chi connectivity index (χ0v) is 14.7. The second-order valence-corrected chi connectivity index (χ2v) is 6.28. The van der Waals surface area contributed by atoms with Crippen LogP contribution in [0.15, 0.2) is 54.7 Å². The molecule has 0 aliphatic rings. The summed E-state index contributed by atoms with van der Waals surface area (Å²) in [4.78, 5) is 23.3. The zero-order chi connectivity index (χ0) is 19.4. The van der Waals surface area contributed by atoms with Gasteiger partial charge in [-0.15, -0.1) is 0 Å². The number of hydrogen-bond donors (Lipinski definition) is 2. The number of aromatic nitrogens is 1. The first kappa shape index (κ1) is 18.4. The fraction of sp³-hybridized carbons (Fsp3) is 0.200. The van der Waals surface area contributed by atoms with Crippen LogP contribution in [-0.4, -0.2) is 27.9 Å². The number of benzene rings is 2. The molecule has 3 aromatic rings. The van der Waals surface area contributed by atoms with Crippen molar-refractivity contribution in [2.45, 2.75) is 26.0 Å². The van der Waals surface area contributed by atoms with Gasteiger partial charge in [0.05, 0.1) is 5.52 Å². The van der Waals surface area contributed by atoms with E-state index in [1.165, 1.54) is 16.7 Å². The number of nitrogens with zero attached hydrogens (tertiary/aromatic N) is 1. The lowest BCUT2D eigenvalue weighted by Gasteiger charge is -2.13. The monoisotopic (exact) mass is 370 g/mol. The number of hydrogen-bond acceptors (Lipinski definition) is 3. The molecule has 6 nitrogen and oxygen atoms in total. The topological polar surface area (TPSA) is 80.6 Å².